The predicted octanol–water partition coefficient (Wildman–Crippen LogP) is -2.81. The Hall–Kier alpha value is -3.79. The zero-order chi connectivity index (χ0) is 27.8. The summed E-state index contributed by atoms with van der Waals surface area (Å²) in [5.41, 5.74) is 11.0. The Morgan fingerprint density at radius 3 is 1.61 bits per heavy atom. The van der Waals surface area contributed by atoms with Gasteiger partial charge >= 0.3 is 23.9 Å². The lowest BCUT2D eigenvalue weighted by atomic mass is 10.1. The summed E-state index contributed by atoms with van der Waals surface area (Å²) in [4.78, 5) is 81.7. The van der Waals surface area contributed by atoms with Crippen LogP contribution < -0.4 is 27.4 Å². The fourth-order valence-corrected chi connectivity index (χ4v) is 2.90. The van der Waals surface area contributed by atoms with Gasteiger partial charge in [0.2, 0.25) is 17.7 Å². The number of aliphatic carboxylic acids is 4. The summed E-state index contributed by atoms with van der Waals surface area (Å²) in [7, 11) is 0. The van der Waals surface area contributed by atoms with Crippen molar-refractivity contribution in [1.29, 1.82) is 0 Å². The molecular formula is C20H33N5O11. The zero-order valence-electron chi connectivity index (χ0n) is 19.5. The Bertz CT molecular complexity index is 820. The van der Waals surface area contributed by atoms with Crippen LogP contribution in [0.15, 0.2) is 0 Å². The normalized spacial score (nSPS) is 13.9. The Morgan fingerprint density at radius 2 is 1.11 bits per heavy atom. The Morgan fingerprint density at radius 1 is 0.611 bits per heavy atom. The first kappa shape index (κ1) is 32.2. The summed E-state index contributed by atoms with van der Waals surface area (Å²) in [5.74, 6) is -8.49. The Kier molecular flexibility index (Phi) is 15.0. The van der Waals surface area contributed by atoms with E-state index in [1.807, 2.05) is 0 Å². The lowest BCUT2D eigenvalue weighted by Crippen LogP contribution is -2.57. The molecule has 0 aliphatic rings. The molecule has 36 heavy (non-hydrogen) atoms. The fourth-order valence-electron chi connectivity index (χ4n) is 2.90. The van der Waals surface area contributed by atoms with E-state index in [2.05, 4.69) is 16.0 Å². The Balaban J connectivity index is 5.53. The van der Waals surface area contributed by atoms with Crippen LogP contribution in [0.25, 0.3) is 0 Å². The van der Waals surface area contributed by atoms with Crippen LogP contribution in [0.3, 0.4) is 0 Å². The second-order valence-electron chi connectivity index (χ2n) is 7.88. The first-order valence-electron chi connectivity index (χ1n) is 11.0. The van der Waals surface area contributed by atoms with Gasteiger partial charge in [-0.05, 0) is 38.6 Å². The number of carbonyl (C=O) groups is 7. The van der Waals surface area contributed by atoms with E-state index >= 15 is 0 Å². The third-order valence-electron chi connectivity index (χ3n) is 4.86. The van der Waals surface area contributed by atoms with Gasteiger partial charge in [0.1, 0.15) is 18.1 Å². The lowest BCUT2D eigenvalue weighted by molar-refractivity contribution is -0.144. The van der Waals surface area contributed by atoms with E-state index < -0.39 is 91.4 Å². The van der Waals surface area contributed by atoms with E-state index in [0.29, 0.717) is 12.8 Å². The number of amides is 3. The molecule has 16 nitrogen and oxygen atoms in total. The summed E-state index contributed by atoms with van der Waals surface area (Å²) in [6.07, 6.45) is -1.85. The van der Waals surface area contributed by atoms with Crippen LogP contribution >= 0.6 is 0 Å². The molecule has 0 aliphatic heterocycles. The molecule has 4 unspecified atom stereocenters. The van der Waals surface area contributed by atoms with Gasteiger partial charge in [0.25, 0.3) is 0 Å². The molecule has 0 spiro atoms. The average molecular weight is 520 g/mol. The van der Waals surface area contributed by atoms with E-state index in [1.165, 1.54) is 0 Å². The van der Waals surface area contributed by atoms with Gasteiger partial charge in [0.15, 0.2) is 0 Å². The summed E-state index contributed by atoms with van der Waals surface area (Å²) in [5, 5.41) is 42.3. The fraction of sp³-hybridized carbons (Fsp3) is 0.650. The van der Waals surface area contributed by atoms with Gasteiger partial charge in [-0.3, -0.25) is 28.8 Å². The van der Waals surface area contributed by atoms with Crippen LogP contribution in [-0.2, 0) is 33.6 Å². The van der Waals surface area contributed by atoms with Crippen molar-refractivity contribution in [2.24, 2.45) is 11.5 Å². The second-order valence-corrected chi connectivity index (χ2v) is 7.88. The highest BCUT2D eigenvalue weighted by atomic mass is 16.4. The van der Waals surface area contributed by atoms with Gasteiger partial charge in [-0.1, -0.05) is 0 Å². The minimum absolute atomic E-state index is 0.0219. The average Bonchev–Trinajstić information content (AvgIpc) is 2.77. The molecule has 0 radical (unpaired) electrons. The van der Waals surface area contributed by atoms with Crippen molar-refractivity contribution in [3.05, 3.63) is 0 Å². The van der Waals surface area contributed by atoms with Crippen LogP contribution in [0.2, 0.25) is 0 Å². The van der Waals surface area contributed by atoms with Crippen molar-refractivity contribution in [3.8, 4) is 0 Å². The standard InChI is InChI=1S/C20H33N5O11/c21-8-2-1-3-11(18(33)24-12(20(35)36)5-7-15(28)29)23-19(34)13(9-16(30)31)25-17(32)10(22)4-6-14(26)27/h10-13H,1-9,21-22H2,(H,23,34)(H,24,33)(H,25,32)(H,26,27)(H,28,29)(H,30,31)(H,35,36). The first-order chi connectivity index (χ1) is 16.8. The monoisotopic (exact) mass is 519 g/mol. The molecule has 204 valence electrons. The lowest BCUT2D eigenvalue weighted by Gasteiger charge is -2.24. The first-order valence-corrected chi connectivity index (χ1v) is 11.0. The van der Waals surface area contributed by atoms with Crippen molar-refractivity contribution in [1.82, 2.24) is 16.0 Å². The quantitative estimate of drug-likeness (QED) is 0.0779. The number of hydrogen-bond donors (Lipinski definition) is 9. The number of carboxylic acid groups (broad SMARTS) is 4. The van der Waals surface area contributed by atoms with Crippen molar-refractivity contribution in [2.45, 2.75) is 75.5 Å². The highest BCUT2D eigenvalue weighted by Crippen LogP contribution is 2.06. The molecule has 11 N–H and O–H groups in total. The molecular weight excluding hydrogens is 486 g/mol. The van der Waals surface area contributed by atoms with E-state index in [9.17, 15) is 38.7 Å². The maximum Gasteiger partial charge on any atom is 0.326 e. The van der Waals surface area contributed by atoms with E-state index in [-0.39, 0.29) is 19.4 Å². The molecule has 3 amide bonds. The van der Waals surface area contributed by atoms with Crippen LogP contribution in [-0.4, -0.2) is 92.7 Å². The number of carbonyl (C=O) groups excluding carboxylic acids is 3. The third kappa shape index (κ3) is 13.8. The molecule has 0 aromatic carbocycles. The van der Waals surface area contributed by atoms with Crippen LogP contribution in [0.4, 0.5) is 0 Å². The van der Waals surface area contributed by atoms with Gasteiger partial charge in [0, 0.05) is 12.8 Å². The van der Waals surface area contributed by atoms with Crippen LogP contribution in [0, 0.1) is 0 Å². The number of unbranched alkanes of at least 4 members (excludes halogenated alkanes) is 1. The van der Waals surface area contributed by atoms with Crippen molar-refractivity contribution in [3.63, 3.8) is 0 Å². The van der Waals surface area contributed by atoms with Gasteiger partial charge < -0.3 is 47.8 Å². The minimum atomic E-state index is -1.68. The summed E-state index contributed by atoms with van der Waals surface area (Å²) in [6.45, 7) is 0.255. The van der Waals surface area contributed by atoms with E-state index in [1.54, 1.807) is 0 Å². The minimum Gasteiger partial charge on any atom is -0.481 e. The van der Waals surface area contributed by atoms with Crippen molar-refractivity contribution in [2.75, 3.05) is 6.54 Å². The molecule has 0 aromatic heterocycles. The van der Waals surface area contributed by atoms with Gasteiger partial charge in [-0.2, -0.15) is 0 Å². The maximum atomic E-state index is 12.8. The molecule has 0 saturated carbocycles. The number of hydrogen-bond acceptors (Lipinski definition) is 9. The smallest absolute Gasteiger partial charge is 0.326 e. The van der Waals surface area contributed by atoms with Gasteiger partial charge in [0.05, 0.1) is 12.5 Å². The van der Waals surface area contributed by atoms with Gasteiger partial charge in [-0.15, -0.1) is 0 Å². The largest absolute Gasteiger partial charge is 0.481 e. The molecule has 0 saturated heterocycles. The summed E-state index contributed by atoms with van der Waals surface area (Å²) in [6, 6.07) is -5.95. The molecule has 16 heteroatoms. The van der Waals surface area contributed by atoms with Crippen LogP contribution in [0.1, 0.15) is 51.4 Å². The highest BCUT2D eigenvalue weighted by molar-refractivity contribution is 5.95. The summed E-state index contributed by atoms with van der Waals surface area (Å²) >= 11 is 0. The van der Waals surface area contributed by atoms with E-state index in [4.69, 9.17) is 26.8 Å². The molecule has 0 heterocycles. The highest BCUT2D eigenvalue weighted by Gasteiger charge is 2.31. The topological polar surface area (TPSA) is 289 Å². The molecule has 0 rings (SSSR count). The van der Waals surface area contributed by atoms with Crippen molar-refractivity contribution >= 4 is 41.6 Å². The molecule has 0 fully saturated rings. The zero-order valence-corrected chi connectivity index (χ0v) is 19.5. The number of nitrogens with two attached hydrogens (primary N) is 2. The summed E-state index contributed by atoms with van der Waals surface area (Å²) < 4.78 is 0. The second kappa shape index (κ2) is 16.8. The van der Waals surface area contributed by atoms with Gasteiger partial charge in [-0.25, -0.2) is 4.79 Å². The third-order valence-corrected chi connectivity index (χ3v) is 4.86. The SMILES string of the molecule is NCCCCC(NC(=O)C(CC(=O)O)NC(=O)C(N)CCC(=O)O)C(=O)NC(CCC(=O)O)C(=O)O. The molecule has 4 atom stereocenters. The Labute approximate surface area is 205 Å². The predicted molar refractivity (Wildman–Crippen MR) is 120 cm³/mol. The number of nitrogens with one attached hydrogen (secondary N) is 3. The maximum absolute atomic E-state index is 12.8. The number of rotatable bonds is 19. The van der Waals surface area contributed by atoms with E-state index in [0.717, 1.165) is 0 Å². The molecule has 0 bridgehead atoms. The van der Waals surface area contributed by atoms with Crippen molar-refractivity contribution < 1.29 is 54.0 Å². The number of carboxylic acids is 4. The molecule has 0 aromatic rings. The van der Waals surface area contributed by atoms with Crippen LogP contribution in [0.5, 0.6) is 0 Å². The molecule has 0 aliphatic carbocycles.